The quantitative estimate of drug-likeness (QED) is 0.607. The van der Waals surface area contributed by atoms with E-state index < -0.39 is 0 Å². The molecule has 0 aliphatic carbocycles. The molecule has 0 saturated carbocycles. The maximum Gasteiger partial charge on any atom is 0.186 e. The number of aromatic nitrogens is 1. The summed E-state index contributed by atoms with van der Waals surface area (Å²) in [6, 6.07) is 0. The minimum absolute atomic E-state index is 0.486. The van der Waals surface area contributed by atoms with E-state index >= 15 is 0 Å². The number of nitrogens with zero attached hydrogens (tertiary/aromatic N) is 1. The second-order valence-corrected chi connectivity index (χ2v) is 3.74. The van der Waals surface area contributed by atoms with Crippen molar-refractivity contribution in [2.24, 2.45) is 0 Å². The molecule has 0 bridgehead atoms. The van der Waals surface area contributed by atoms with Crippen molar-refractivity contribution >= 4 is 28.1 Å². The second-order valence-electron chi connectivity index (χ2n) is 2.18. The Morgan fingerprint density at radius 2 is 2.42 bits per heavy atom. The first kappa shape index (κ1) is 9.77. The Bertz CT molecular complexity index is 232. The third kappa shape index (κ3) is 2.62. The molecule has 1 heterocycles. The van der Waals surface area contributed by atoms with Crippen LogP contribution in [0.5, 0.6) is 0 Å². The Morgan fingerprint density at radius 3 is 2.92 bits per heavy atom. The van der Waals surface area contributed by atoms with E-state index in [1.54, 1.807) is 0 Å². The summed E-state index contributed by atoms with van der Waals surface area (Å²) in [6.07, 6.45) is 0. The monoisotopic (exact) mass is 206 g/mol. The van der Waals surface area contributed by atoms with E-state index in [1.807, 2.05) is 13.8 Å². The van der Waals surface area contributed by atoms with Crippen LogP contribution < -0.4 is 5.32 Å². The fraction of sp³-hybridized carbons (Fsp3) is 0.571. The average Bonchev–Trinajstić information content (AvgIpc) is 2.32. The van der Waals surface area contributed by atoms with Crippen LogP contribution in [0.3, 0.4) is 0 Å². The molecule has 5 heteroatoms. The van der Waals surface area contributed by atoms with Crippen molar-refractivity contribution in [3.8, 4) is 0 Å². The topological polar surface area (TPSA) is 34.1 Å². The summed E-state index contributed by atoms with van der Waals surface area (Å²) in [5.74, 6) is 0. The van der Waals surface area contributed by atoms with E-state index in [9.17, 15) is 0 Å². The lowest BCUT2D eigenvalue weighted by Gasteiger charge is -2.00. The highest BCUT2D eigenvalue weighted by molar-refractivity contribution is 7.16. The molecule has 0 fully saturated rings. The third-order valence-corrected chi connectivity index (χ3v) is 2.68. The van der Waals surface area contributed by atoms with Gasteiger partial charge >= 0.3 is 0 Å². The summed E-state index contributed by atoms with van der Waals surface area (Å²) < 4.78 is 5.10. The Labute approximate surface area is 80.7 Å². The van der Waals surface area contributed by atoms with Crippen LogP contribution in [0.15, 0.2) is 0 Å². The first-order valence-corrected chi connectivity index (χ1v) is 4.88. The molecule has 3 nitrogen and oxygen atoms in total. The Morgan fingerprint density at radius 1 is 1.67 bits per heavy atom. The van der Waals surface area contributed by atoms with Crippen molar-refractivity contribution in [3.05, 3.63) is 10.0 Å². The normalized spacial score (nSPS) is 10.2. The van der Waals surface area contributed by atoms with Gasteiger partial charge in [0.05, 0.1) is 0 Å². The van der Waals surface area contributed by atoms with Crippen LogP contribution >= 0.6 is 22.9 Å². The zero-order valence-corrected chi connectivity index (χ0v) is 8.63. The Hall–Kier alpha value is -0.320. The molecule has 0 spiro atoms. The number of anilines is 1. The van der Waals surface area contributed by atoms with E-state index in [1.165, 1.54) is 11.3 Å². The summed E-state index contributed by atoms with van der Waals surface area (Å²) >= 11 is 7.29. The van der Waals surface area contributed by atoms with Gasteiger partial charge in [-0.2, -0.15) is 0 Å². The lowest BCUT2D eigenvalue weighted by Crippen LogP contribution is -2.04. The summed E-state index contributed by atoms with van der Waals surface area (Å²) in [7, 11) is 0. The molecule has 0 aliphatic heterocycles. The average molecular weight is 207 g/mol. The van der Waals surface area contributed by atoms with Crippen LogP contribution in [0.25, 0.3) is 0 Å². The van der Waals surface area contributed by atoms with Gasteiger partial charge in [-0.1, -0.05) is 11.6 Å². The van der Waals surface area contributed by atoms with Crippen molar-refractivity contribution in [2.75, 3.05) is 18.7 Å². The lowest BCUT2D eigenvalue weighted by molar-refractivity contribution is 0.167. The van der Waals surface area contributed by atoms with Gasteiger partial charge in [0.2, 0.25) is 0 Å². The van der Waals surface area contributed by atoms with E-state index in [-0.39, 0.29) is 0 Å². The molecule has 0 aromatic carbocycles. The number of rotatable bonds is 4. The zero-order chi connectivity index (χ0) is 8.97. The van der Waals surface area contributed by atoms with Crippen molar-refractivity contribution < 1.29 is 4.74 Å². The summed E-state index contributed by atoms with van der Waals surface area (Å²) in [6.45, 7) is 5.07. The Kier molecular flexibility index (Phi) is 3.78. The molecule has 0 aliphatic rings. The molecule has 1 aromatic heterocycles. The van der Waals surface area contributed by atoms with Gasteiger partial charge in [0.15, 0.2) is 5.13 Å². The van der Waals surface area contributed by atoms with Crippen LogP contribution in [0.2, 0.25) is 5.15 Å². The van der Waals surface area contributed by atoms with Gasteiger partial charge in [-0.3, -0.25) is 0 Å². The van der Waals surface area contributed by atoms with Gasteiger partial charge in [0, 0.05) is 11.5 Å². The van der Waals surface area contributed by atoms with Crippen LogP contribution in [-0.4, -0.2) is 18.3 Å². The van der Waals surface area contributed by atoms with Crippen molar-refractivity contribution in [2.45, 2.75) is 13.8 Å². The molecule has 1 rings (SSSR count). The summed E-state index contributed by atoms with van der Waals surface area (Å²) in [5.41, 5.74) is 0. The highest BCUT2D eigenvalue weighted by Gasteiger charge is 2.03. The van der Waals surface area contributed by atoms with Gasteiger partial charge in [-0.25, -0.2) is 4.98 Å². The molecule has 12 heavy (non-hydrogen) atoms. The van der Waals surface area contributed by atoms with Crippen molar-refractivity contribution in [3.63, 3.8) is 0 Å². The molecule has 1 aromatic rings. The fourth-order valence-electron chi connectivity index (χ4n) is 0.668. The SMILES string of the molecule is CCOCNc1nc(Cl)c(C)s1. The largest absolute Gasteiger partial charge is 0.362 e. The highest BCUT2D eigenvalue weighted by atomic mass is 35.5. The van der Waals surface area contributed by atoms with Crippen molar-refractivity contribution in [1.82, 2.24) is 4.98 Å². The lowest BCUT2D eigenvalue weighted by atomic mass is 10.6. The van der Waals surface area contributed by atoms with Gasteiger partial charge in [0.1, 0.15) is 11.9 Å². The zero-order valence-electron chi connectivity index (χ0n) is 7.06. The first-order chi connectivity index (χ1) is 5.74. The van der Waals surface area contributed by atoms with Crippen LogP contribution in [-0.2, 0) is 4.74 Å². The minimum atomic E-state index is 0.486. The minimum Gasteiger partial charge on any atom is -0.362 e. The fourth-order valence-corrected chi connectivity index (χ4v) is 1.61. The predicted octanol–water partition coefficient (Wildman–Crippen LogP) is 2.51. The number of halogens is 1. The molecule has 0 radical (unpaired) electrons. The molecule has 0 atom stereocenters. The van der Waals surface area contributed by atoms with Gasteiger partial charge in [0.25, 0.3) is 0 Å². The van der Waals surface area contributed by atoms with Gasteiger partial charge in [-0.15, -0.1) is 11.3 Å². The summed E-state index contributed by atoms with van der Waals surface area (Å²) in [5, 5.41) is 4.39. The predicted molar refractivity (Wildman–Crippen MR) is 52.0 cm³/mol. The van der Waals surface area contributed by atoms with Crippen LogP contribution in [0, 0.1) is 6.92 Å². The van der Waals surface area contributed by atoms with Crippen LogP contribution in [0.1, 0.15) is 11.8 Å². The van der Waals surface area contributed by atoms with E-state index in [0.29, 0.717) is 18.5 Å². The Balaban J connectivity index is 2.42. The molecular weight excluding hydrogens is 196 g/mol. The number of nitrogens with one attached hydrogen (secondary N) is 1. The van der Waals surface area contributed by atoms with Crippen LogP contribution in [0.4, 0.5) is 5.13 Å². The molecule has 0 saturated heterocycles. The van der Waals surface area contributed by atoms with Crippen molar-refractivity contribution in [1.29, 1.82) is 0 Å². The van der Waals surface area contributed by atoms with Gasteiger partial charge in [-0.05, 0) is 13.8 Å². The number of thiazole rings is 1. The number of hydrogen-bond acceptors (Lipinski definition) is 4. The number of hydrogen-bond donors (Lipinski definition) is 1. The second kappa shape index (κ2) is 4.64. The number of aryl methyl sites for hydroxylation is 1. The highest BCUT2D eigenvalue weighted by Crippen LogP contribution is 2.25. The van der Waals surface area contributed by atoms with Gasteiger partial charge < -0.3 is 10.1 Å². The van der Waals surface area contributed by atoms with E-state index in [4.69, 9.17) is 16.3 Å². The molecule has 68 valence electrons. The smallest absolute Gasteiger partial charge is 0.186 e. The molecule has 0 unspecified atom stereocenters. The molecular formula is C7H11ClN2OS. The standard InChI is InChI=1S/C7H11ClN2OS/c1-3-11-4-9-7-10-6(8)5(2)12-7/h3-4H2,1-2H3,(H,9,10). The third-order valence-electron chi connectivity index (χ3n) is 1.27. The van der Waals surface area contributed by atoms with E-state index in [2.05, 4.69) is 10.3 Å². The van der Waals surface area contributed by atoms with E-state index in [0.717, 1.165) is 10.0 Å². The molecule has 0 amide bonds. The molecule has 1 N–H and O–H groups in total. The summed E-state index contributed by atoms with van der Waals surface area (Å²) in [4.78, 5) is 5.10. The maximum atomic E-state index is 5.76. The first-order valence-electron chi connectivity index (χ1n) is 3.68. The maximum absolute atomic E-state index is 5.76. The number of ether oxygens (including phenoxy) is 1.